The maximum absolute atomic E-state index is 13.0. The fraction of sp³-hybridized carbons (Fsp3) is 0.450. The normalized spacial score (nSPS) is 18.3. The largest absolute Gasteiger partial charge is 0.337 e. The minimum atomic E-state index is -3.72. The van der Waals surface area contributed by atoms with Crippen LogP contribution in [0.2, 0.25) is 0 Å². The molecule has 2 aromatic rings. The average molecular weight is 577 g/mol. The number of rotatable bonds is 6. The van der Waals surface area contributed by atoms with Crippen LogP contribution in [0.4, 0.5) is 5.69 Å². The van der Waals surface area contributed by atoms with Crippen molar-refractivity contribution in [2.45, 2.75) is 23.5 Å². The van der Waals surface area contributed by atoms with Gasteiger partial charge in [-0.1, -0.05) is 6.07 Å². The second-order valence-electron chi connectivity index (χ2n) is 7.76. The number of benzene rings is 1. The van der Waals surface area contributed by atoms with E-state index >= 15 is 0 Å². The number of hydrogen-bond donors (Lipinski definition) is 1. The Morgan fingerprint density at radius 3 is 2.63 bits per heavy atom. The summed E-state index contributed by atoms with van der Waals surface area (Å²) in [6.45, 7) is 4.52. The van der Waals surface area contributed by atoms with Crippen molar-refractivity contribution in [3.05, 3.63) is 44.2 Å². The van der Waals surface area contributed by atoms with Gasteiger partial charge in [0.1, 0.15) is 4.21 Å². The Morgan fingerprint density at radius 2 is 1.93 bits per heavy atom. The molecule has 2 fully saturated rings. The molecule has 10 heteroatoms. The standard InChI is InChI=1S/C20H23Br2N3O3S2/c21-17-12-18(29-19(17)22)30(27,28)23-16-4-1-3-15(11-16)20(26)25-8-2-7-24(9-10-25)13-14-5-6-14/h1,3-4,11-12,14,23H,2,5-10,13H2. The number of carbonyl (C=O) groups excluding carboxylic acids is 1. The second-order valence-corrected chi connectivity index (χ2v) is 12.9. The fourth-order valence-corrected chi connectivity index (χ4v) is 7.45. The molecule has 0 spiro atoms. The van der Waals surface area contributed by atoms with Crippen molar-refractivity contribution in [2.75, 3.05) is 37.4 Å². The highest BCUT2D eigenvalue weighted by molar-refractivity contribution is 9.13. The fourth-order valence-electron chi connectivity index (χ4n) is 3.59. The summed E-state index contributed by atoms with van der Waals surface area (Å²) in [6.07, 6.45) is 3.63. The predicted octanol–water partition coefficient (Wildman–Crippen LogP) is 4.63. The monoisotopic (exact) mass is 575 g/mol. The summed E-state index contributed by atoms with van der Waals surface area (Å²) >= 11 is 7.76. The Balaban J connectivity index is 1.44. The number of nitrogens with zero attached hydrogens (tertiary/aromatic N) is 2. The lowest BCUT2D eigenvalue weighted by Gasteiger charge is -2.22. The Hall–Kier alpha value is -0.940. The first-order valence-electron chi connectivity index (χ1n) is 9.91. The third-order valence-electron chi connectivity index (χ3n) is 5.34. The van der Waals surface area contributed by atoms with E-state index < -0.39 is 10.0 Å². The van der Waals surface area contributed by atoms with Crippen molar-refractivity contribution in [1.82, 2.24) is 9.80 Å². The van der Waals surface area contributed by atoms with Gasteiger partial charge in [0.25, 0.3) is 15.9 Å². The molecule has 6 nitrogen and oxygen atoms in total. The molecule has 1 aliphatic carbocycles. The number of anilines is 1. The molecule has 1 amide bonds. The summed E-state index contributed by atoms with van der Waals surface area (Å²) in [5, 5.41) is 0. The van der Waals surface area contributed by atoms with Crippen LogP contribution in [0.1, 0.15) is 29.6 Å². The Labute approximate surface area is 197 Å². The number of hydrogen-bond acceptors (Lipinski definition) is 5. The number of thiophene rings is 1. The summed E-state index contributed by atoms with van der Waals surface area (Å²) in [5.41, 5.74) is 0.881. The molecule has 1 aliphatic heterocycles. The van der Waals surface area contributed by atoms with Crippen LogP contribution < -0.4 is 4.72 Å². The topological polar surface area (TPSA) is 69.7 Å². The number of carbonyl (C=O) groups is 1. The highest BCUT2D eigenvalue weighted by Gasteiger charge is 2.27. The molecular formula is C20H23Br2N3O3S2. The van der Waals surface area contributed by atoms with E-state index in [9.17, 15) is 13.2 Å². The van der Waals surface area contributed by atoms with Crippen LogP contribution in [-0.2, 0) is 10.0 Å². The van der Waals surface area contributed by atoms with Crippen LogP contribution in [0.25, 0.3) is 0 Å². The minimum Gasteiger partial charge on any atom is -0.337 e. The average Bonchev–Trinajstić information content (AvgIpc) is 3.49. The van der Waals surface area contributed by atoms with E-state index in [1.807, 2.05) is 4.90 Å². The first-order valence-corrected chi connectivity index (χ1v) is 13.8. The Kier molecular flexibility index (Phi) is 6.88. The predicted molar refractivity (Wildman–Crippen MR) is 127 cm³/mol. The lowest BCUT2D eigenvalue weighted by atomic mass is 10.1. The molecular weight excluding hydrogens is 554 g/mol. The first kappa shape index (κ1) is 22.3. The molecule has 4 rings (SSSR count). The SMILES string of the molecule is O=C(c1cccc(NS(=O)(=O)c2cc(Br)c(Br)s2)c1)N1CCCN(CC2CC2)CC1. The van der Waals surface area contributed by atoms with Crippen LogP contribution in [-0.4, -0.2) is 56.8 Å². The lowest BCUT2D eigenvalue weighted by molar-refractivity contribution is 0.0761. The van der Waals surface area contributed by atoms with Gasteiger partial charge in [0, 0.05) is 41.9 Å². The van der Waals surface area contributed by atoms with Gasteiger partial charge in [0.05, 0.1) is 3.79 Å². The maximum Gasteiger partial charge on any atom is 0.271 e. The molecule has 2 aliphatic rings. The van der Waals surface area contributed by atoms with E-state index in [-0.39, 0.29) is 10.1 Å². The summed E-state index contributed by atoms with van der Waals surface area (Å²) in [6, 6.07) is 8.28. The summed E-state index contributed by atoms with van der Waals surface area (Å²) in [4.78, 5) is 17.4. The Bertz CT molecular complexity index is 1020. The van der Waals surface area contributed by atoms with Gasteiger partial charge in [-0.15, -0.1) is 11.3 Å². The maximum atomic E-state index is 13.0. The van der Waals surface area contributed by atoms with Gasteiger partial charge in [-0.25, -0.2) is 8.42 Å². The molecule has 1 aromatic heterocycles. The van der Waals surface area contributed by atoms with E-state index in [4.69, 9.17) is 0 Å². The highest BCUT2D eigenvalue weighted by atomic mass is 79.9. The zero-order chi connectivity index (χ0) is 21.3. The molecule has 0 radical (unpaired) electrons. The summed E-state index contributed by atoms with van der Waals surface area (Å²) in [5.74, 6) is 0.799. The molecule has 0 bridgehead atoms. The minimum absolute atomic E-state index is 0.0501. The van der Waals surface area contributed by atoms with Crippen molar-refractivity contribution in [3.63, 3.8) is 0 Å². The number of nitrogens with one attached hydrogen (secondary N) is 1. The van der Waals surface area contributed by atoms with Gasteiger partial charge in [-0.05, 0) is 87.9 Å². The third kappa shape index (κ3) is 5.45. The smallest absolute Gasteiger partial charge is 0.271 e. The van der Waals surface area contributed by atoms with Gasteiger partial charge in [-0.3, -0.25) is 9.52 Å². The summed E-state index contributed by atoms with van der Waals surface area (Å²) < 4.78 is 29.5. The van der Waals surface area contributed by atoms with Crippen LogP contribution in [0, 0.1) is 5.92 Å². The zero-order valence-electron chi connectivity index (χ0n) is 16.3. The van der Waals surface area contributed by atoms with Crippen LogP contribution in [0.5, 0.6) is 0 Å². The van der Waals surface area contributed by atoms with Crippen molar-refractivity contribution < 1.29 is 13.2 Å². The second kappa shape index (κ2) is 9.28. The van der Waals surface area contributed by atoms with Crippen LogP contribution in [0.15, 0.2) is 42.8 Å². The van der Waals surface area contributed by atoms with E-state index in [1.165, 1.54) is 12.8 Å². The lowest BCUT2D eigenvalue weighted by Crippen LogP contribution is -2.35. The number of amides is 1. The van der Waals surface area contributed by atoms with Gasteiger partial charge in [0.15, 0.2) is 0 Å². The van der Waals surface area contributed by atoms with Crippen LogP contribution in [0.3, 0.4) is 0 Å². The van der Waals surface area contributed by atoms with E-state index in [0.717, 1.165) is 49.9 Å². The van der Waals surface area contributed by atoms with Crippen molar-refractivity contribution in [2.24, 2.45) is 5.92 Å². The molecule has 2 heterocycles. The molecule has 162 valence electrons. The first-order chi connectivity index (χ1) is 14.3. The zero-order valence-corrected chi connectivity index (χ0v) is 21.1. The van der Waals surface area contributed by atoms with E-state index in [0.29, 0.717) is 26.1 Å². The van der Waals surface area contributed by atoms with Crippen molar-refractivity contribution in [3.8, 4) is 0 Å². The van der Waals surface area contributed by atoms with Crippen molar-refractivity contribution in [1.29, 1.82) is 0 Å². The van der Waals surface area contributed by atoms with Gasteiger partial charge in [0.2, 0.25) is 0 Å². The number of sulfonamides is 1. The number of halogens is 2. The molecule has 0 unspecified atom stereocenters. The molecule has 1 N–H and O–H groups in total. The van der Waals surface area contributed by atoms with Gasteiger partial charge in [-0.2, -0.15) is 0 Å². The molecule has 1 aromatic carbocycles. The Morgan fingerprint density at radius 1 is 1.13 bits per heavy atom. The molecule has 1 saturated heterocycles. The molecule has 30 heavy (non-hydrogen) atoms. The quantitative estimate of drug-likeness (QED) is 0.544. The highest BCUT2D eigenvalue weighted by Crippen LogP contribution is 2.35. The van der Waals surface area contributed by atoms with Gasteiger partial charge < -0.3 is 9.80 Å². The van der Waals surface area contributed by atoms with E-state index in [2.05, 4.69) is 41.5 Å². The van der Waals surface area contributed by atoms with Crippen molar-refractivity contribution >= 4 is 64.8 Å². The molecule has 1 saturated carbocycles. The molecule has 0 atom stereocenters. The van der Waals surface area contributed by atoms with Crippen LogP contribution >= 0.6 is 43.2 Å². The van der Waals surface area contributed by atoms with E-state index in [1.54, 1.807) is 30.3 Å². The summed E-state index contributed by atoms with van der Waals surface area (Å²) in [7, 11) is -3.72. The third-order valence-corrected chi connectivity index (χ3v) is 10.4. The van der Waals surface area contributed by atoms with Gasteiger partial charge >= 0.3 is 0 Å².